The van der Waals surface area contributed by atoms with E-state index >= 15 is 0 Å². The number of hydrogen-bond acceptors (Lipinski definition) is 3. The summed E-state index contributed by atoms with van der Waals surface area (Å²) in [5, 5.41) is 8.71. The van der Waals surface area contributed by atoms with Crippen LogP contribution >= 0.6 is 0 Å². The molecule has 0 radical (unpaired) electrons. The molecule has 1 unspecified atom stereocenters. The number of likely N-dealkylation sites (tertiary alicyclic amines) is 1. The normalized spacial score (nSPS) is 23.0. The van der Waals surface area contributed by atoms with Crippen molar-refractivity contribution in [1.29, 1.82) is 5.26 Å². The lowest BCUT2D eigenvalue weighted by atomic mass is 10.0. The van der Waals surface area contributed by atoms with Gasteiger partial charge in [-0.2, -0.15) is 5.26 Å². The molecule has 66 valence electrons. The van der Waals surface area contributed by atoms with Gasteiger partial charge in [0, 0.05) is 6.54 Å². The van der Waals surface area contributed by atoms with Crippen LogP contribution in [0.5, 0.6) is 0 Å². The Morgan fingerprint density at radius 3 is 3.00 bits per heavy atom. The third-order valence-electron chi connectivity index (χ3n) is 2.06. The highest BCUT2D eigenvalue weighted by Gasteiger charge is 2.26. The maximum Gasteiger partial charge on any atom is 0.410 e. The number of piperidine rings is 1. The van der Waals surface area contributed by atoms with Crippen LogP contribution < -0.4 is 0 Å². The first kappa shape index (κ1) is 8.85. The van der Waals surface area contributed by atoms with E-state index in [4.69, 9.17) is 5.26 Å². The Bertz CT molecular complexity index is 210. The summed E-state index contributed by atoms with van der Waals surface area (Å²) in [5.74, 6) is 0. The summed E-state index contributed by atoms with van der Waals surface area (Å²) >= 11 is 0. The number of hydrogen-bond donors (Lipinski definition) is 0. The zero-order valence-electron chi connectivity index (χ0n) is 7.12. The molecule has 0 N–H and O–H groups in total. The molecule has 1 saturated heterocycles. The molecule has 4 heteroatoms. The lowest BCUT2D eigenvalue weighted by Crippen LogP contribution is -2.42. The fourth-order valence-corrected chi connectivity index (χ4v) is 1.40. The van der Waals surface area contributed by atoms with Gasteiger partial charge >= 0.3 is 6.09 Å². The van der Waals surface area contributed by atoms with Gasteiger partial charge in [-0.05, 0) is 19.3 Å². The second-order valence-electron chi connectivity index (χ2n) is 2.80. The molecule has 1 atom stereocenters. The van der Waals surface area contributed by atoms with Crippen molar-refractivity contribution in [2.45, 2.75) is 25.3 Å². The highest BCUT2D eigenvalue weighted by Crippen LogP contribution is 2.16. The van der Waals surface area contributed by atoms with Gasteiger partial charge in [-0.3, -0.25) is 4.90 Å². The first-order chi connectivity index (χ1) is 5.79. The van der Waals surface area contributed by atoms with Crippen LogP contribution in [0.2, 0.25) is 0 Å². The molecule has 12 heavy (non-hydrogen) atoms. The molecule has 1 aliphatic rings. The van der Waals surface area contributed by atoms with Crippen LogP contribution in [0.15, 0.2) is 0 Å². The summed E-state index contributed by atoms with van der Waals surface area (Å²) in [4.78, 5) is 12.6. The number of amides is 1. The fraction of sp³-hybridized carbons (Fsp3) is 0.750. The minimum Gasteiger partial charge on any atom is -0.453 e. The number of nitrogens with zero attached hydrogens (tertiary/aromatic N) is 2. The van der Waals surface area contributed by atoms with E-state index in [1.807, 2.05) is 0 Å². The highest BCUT2D eigenvalue weighted by molar-refractivity contribution is 5.68. The van der Waals surface area contributed by atoms with Crippen molar-refractivity contribution in [2.75, 3.05) is 13.7 Å². The average molecular weight is 168 g/mol. The highest BCUT2D eigenvalue weighted by atomic mass is 16.5. The molecule has 0 aliphatic carbocycles. The Morgan fingerprint density at radius 1 is 1.67 bits per heavy atom. The van der Waals surface area contributed by atoms with E-state index in [2.05, 4.69) is 10.8 Å². The quantitative estimate of drug-likeness (QED) is 0.544. The Hall–Kier alpha value is -1.24. The molecule has 1 aliphatic heterocycles. The van der Waals surface area contributed by atoms with Crippen molar-refractivity contribution in [3.8, 4) is 6.07 Å². The van der Waals surface area contributed by atoms with Crippen LogP contribution in [0.1, 0.15) is 19.3 Å². The summed E-state index contributed by atoms with van der Waals surface area (Å²) in [6.07, 6.45) is 2.37. The summed E-state index contributed by atoms with van der Waals surface area (Å²) in [6.45, 7) is 0.644. The number of rotatable bonds is 0. The molecular weight excluding hydrogens is 156 g/mol. The molecule has 0 bridgehead atoms. The molecule has 1 amide bonds. The van der Waals surface area contributed by atoms with E-state index in [1.165, 1.54) is 12.0 Å². The second-order valence-corrected chi connectivity index (χ2v) is 2.80. The third kappa shape index (κ3) is 1.67. The van der Waals surface area contributed by atoms with E-state index in [1.54, 1.807) is 0 Å². The van der Waals surface area contributed by atoms with Gasteiger partial charge < -0.3 is 4.74 Å². The molecule has 1 heterocycles. The number of carbonyl (C=O) groups is 1. The molecule has 4 nitrogen and oxygen atoms in total. The maximum absolute atomic E-state index is 11.1. The first-order valence-corrected chi connectivity index (χ1v) is 4.04. The Kier molecular flexibility index (Phi) is 2.92. The van der Waals surface area contributed by atoms with Crippen molar-refractivity contribution in [1.82, 2.24) is 4.90 Å². The number of ether oxygens (including phenoxy) is 1. The van der Waals surface area contributed by atoms with Crippen LogP contribution in [0.4, 0.5) is 4.79 Å². The van der Waals surface area contributed by atoms with E-state index in [0.29, 0.717) is 6.54 Å². The number of methoxy groups -OCH3 is 1. The maximum atomic E-state index is 11.1. The van der Waals surface area contributed by atoms with Crippen molar-refractivity contribution < 1.29 is 9.53 Å². The van der Waals surface area contributed by atoms with Gasteiger partial charge in [-0.1, -0.05) is 0 Å². The molecule has 1 rings (SSSR count). The molecule has 1 fully saturated rings. The van der Waals surface area contributed by atoms with Gasteiger partial charge in [-0.25, -0.2) is 4.79 Å². The minimum atomic E-state index is -0.388. The largest absolute Gasteiger partial charge is 0.453 e. The number of nitriles is 1. The van der Waals surface area contributed by atoms with Crippen LogP contribution in [-0.4, -0.2) is 30.7 Å². The van der Waals surface area contributed by atoms with Crippen molar-refractivity contribution in [3.63, 3.8) is 0 Å². The smallest absolute Gasteiger partial charge is 0.410 e. The summed E-state index contributed by atoms with van der Waals surface area (Å²) < 4.78 is 4.56. The SMILES string of the molecule is COC(=O)N1CCCCC1C#N. The van der Waals surface area contributed by atoms with Gasteiger partial charge in [-0.15, -0.1) is 0 Å². The second kappa shape index (κ2) is 3.96. The monoisotopic (exact) mass is 168 g/mol. The van der Waals surface area contributed by atoms with Crippen molar-refractivity contribution >= 4 is 6.09 Å². The standard InChI is InChI=1S/C8H12N2O2/c1-12-8(11)10-5-3-2-4-7(10)6-9/h7H,2-5H2,1H3. The lowest BCUT2D eigenvalue weighted by molar-refractivity contribution is 0.102. The average Bonchev–Trinajstić information content (AvgIpc) is 2.16. The first-order valence-electron chi connectivity index (χ1n) is 4.04. The van der Waals surface area contributed by atoms with E-state index in [-0.39, 0.29) is 12.1 Å². The lowest BCUT2D eigenvalue weighted by Gasteiger charge is -2.29. The van der Waals surface area contributed by atoms with Crippen LogP contribution in [-0.2, 0) is 4.74 Å². The van der Waals surface area contributed by atoms with Crippen molar-refractivity contribution in [2.24, 2.45) is 0 Å². The van der Waals surface area contributed by atoms with E-state index in [9.17, 15) is 4.79 Å². The van der Waals surface area contributed by atoms with E-state index < -0.39 is 0 Å². The van der Waals surface area contributed by atoms with Gasteiger partial charge in [0.05, 0.1) is 13.2 Å². The number of carbonyl (C=O) groups excluding carboxylic acids is 1. The minimum absolute atomic E-state index is 0.286. The predicted octanol–water partition coefficient (Wildman–Crippen LogP) is 1.13. The molecule has 0 spiro atoms. The van der Waals surface area contributed by atoms with Crippen LogP contribution in [0.25, 0.3) is 0 Å². The van der Waals surface area contributed by atoms with Gasteiger partial charge in [0.15, 0.2) is 0 Å². The fourth-order valence-electron chi connectivity index (χ4n) is 1.40. The molecule has 0 aromatic carbocycles. The Morgan fingerprint density at radius 2 is 2.42 bits per heavy atom. The Labute approximate surface area is 71.7 Å². The zero-order valence-corrected chi connectivity index (χ0v) is 7.12. The van der Waals surface area contributed by atoms with Gasteiger partial charge in [0.25, 0.3) is 0 Å². The summed E-state index contributed by atoms with van der Waals surface area (Å²) in [7, 11) is 1.34. The molecular formula is C8H12N2O2. The molecule has 0 aromatic heterocycles. The van der Waals surface area contributed by atoms with Crippen molar-refractivity contribution in [3.05, 3.63) is 0 Å². The molecule has 0 saturated carbocycles. The Balaban J connectivity index is 2.60. The summed E-state index contributed by atoms with van der Waals surface area (Å²) in [6, 6.07) is 1.81. The summed E-state index contributed by atoms with van der Waals surface area (Å²) in [5.41, 5.74) is 0. The van der Waals surface area contributed by atoms with Crippen LogP contribution in [0, 0.1) is 11.3 Å². The van der Waals surface area contributed by atoms with Gasteiger partial charge in [0.2, 0.25) is 0 Å². The topological polar surface area (TPSA) is 53.3 Å². The predicted molar refractivity (Wildman–Crippen MR) is 42.4 cm³/mol. The third-order valence-corrected chi connectivity index (χ3v) is 2.06. The molecule has 0 aromatic rings. The zero-order chi connectivity index (χ0) is 8.97. The van der Waals surface area contributed by atoms with E-state index in [0.717, 1.165) is 19.3 Å². The van der Waals surface area contributed by atoms with Gasteiger partial charge in [0.1, 0.15) is 6.04 Å². The van der Waals surface area contributed by atoms with Crippen LogP contribution in [0.3, 0.4) is 0 Å².